The van der Waals surface area contributed by atoms with E-state index in [1.807, 2.05) is 24.8 Å². The van der Waals surface area contributed by atoms with Crippen LogP contribution in [0.4, 0.5) is 10.5 Å². The van der Waals surface area contributed by atoms with Gasteiger partial charge < -0.3 is 15.1 Å². The van der Waals surface area contributed by atoms with E-state index in [2.05, 4.69) is 33.7 Å². The molecule has 2 N–H and O–H groups in total. The largest absolute Gasteiger partial charge is 0.326 e. The fourth-order valence-electron chi connectivity index (χ4n) is 5.12. The van der Waals surface area contributed by atoms with Gasteiger partial charge in [-0.2, -0.15) is 0 Å². The third-order valence-corrected chi connectivity index (χ3v) is 6.88. The smallest absolute Gasteiger partial charge is 0.322 e. The highest BCUT2D eigenvalue weighted by Gasteiger charge is 2.46. The Morgan fingerprint density at radius 3 is 2.57 bits per heavy atom. The number of imide groups is 1. The number of benzene rings is 1. The second-order valence-electron chi connectivity index (χ2n) is 9.23. The molecule has 0 radical (unpaired) electrons. The summed E-state index contributed by atoms with van der Waals surface area (Å²) in [5.74, 6) is 0.00475. The number of piperidine rings is 1. The first kappa shape index (κ1) is 20.8. The minimum atomic E-state index is -0.381. The van der Waals surface area contributed by atoms with Crippen LogP contribution in [0.5, 0.6) is 0 Å². The number of para-hydroxylation sites is 1. The molecule has 2 saturated heterocycles. The first-order valence-electron chi connectivity index (χ1n) is 11.1. The van der Waals surface area contributed by atoms with E-state index in [1.165, 1.54) is 5.56 Å². The Kier molecular flexibility index (Phi) is 5.82. The van der Waals surface area contributed by atoms with Crippen LogP contribution in [-0.4, -0.2) is 55.0 Å². The summed E-state index contributed by atoms with van der Waals surface area (Å²) in [4.78, 5) is 40.1. The van der Waals surface area contributed by atoms with E-state index in [9.17, 15) is 14.4 Å². The molecule has 1 atom stereocenters. The molecule has 162 valence electrons. The summed E-state index contributed by atoms with van der Waals surface area (Å²) in [6, 6.07) is 7.66. The molecule has 1 spiro atoms. The third kappa shape index (κ3) is 3.95. The molecule has 1 unspecified atom stereocenters. The van der Waals surface area contributed by atoms with E-state index in [4.69, 9.17) is 0 Å². The molecule has 7 nitrogen and oxygen atoms in total. The van der Waals surface area contributed by atoms with Crippen LogP contribution >= 0.6 is 0 Å². The summed E-state index contributed by atoms with van der Waals surface area (Å²) in [5, 5.41) is 4.94. The Morgan fingerprint density at radius 1 is 1.17 bits per heavy atom. The van der Waals surface area contributed by atoms with E-state index >= 15 is 0 Å². The van der Waals surface area contributed by atoms with Crippen molar-refractivity contribution in [2.45, 2.75) is 57.4 Å². The predicted octanol–water partition coefficient (Wildman–Crippen LogP) is 2.40. The molecule has 0 saturated carbocycles. The van der Waals surface area contributed by atoms with Gasteiger partial charge in [0.05, 0.1) is 0 Å². The molecule has 3 heterocycles. The van der Waals surface area contributed by atoms with E-state index in [0.29, 0.717) is 6.42 Å². The maximum absolute atomic E-state index is 12.8. The van der Waals surface area contributed by atoms with Crippen LogP contribution < -0.4 is 15.5 Å². The normalized spacial score (nSPS) is 23.0. The molecule has 3 aliphatic heterocycles. The zero-order valence-corrected chi connectivity index (χ0v) is 17.9. The SMILES string of the molecule is CC(C)C(=O)N1CC2(CCN(CCCCC3NC(=O)NC3=O)CC2)c2ccccc21. The molecular weight excluding hydrogens is 380 g/mol. The highest BCUT2D eigenvalue weighted by atomic mass is 16.2. The van der Waals surface area contributed by atoms with Crippen molar-refractivity contribution in [1.82, 2.24) is 15.5 Å². The summed E-state index contributed by atoms with van der Waals surface area (Å²) < 4.78 is 0. The van der Waals surface area contributed by atoms with Crippen molar-refractivity contribution in [1.29, 1.82) is 0 Å². The van der Waals surface area contributed by atoms with Gasteiger partial charge >= 0.3 is 6.03 Å². The standard InChI is InChI=1S/C23H32N4O3/c1-16(2)21(29)27-15-23(17-7-3-4-9-19(17)27)10-13-26(14-11-23)12-6-5-8-18-20(28)25-22(30)24-18/h3-4,7,9,16,18H,5-6,8,10-15H2,1-2H3,(H2,24,25,28,30). The average Bonchev–Trinajstić information content (AvgIpc) is 3.23. The number of carbonyl (C=O) groups excluding carboxylic acids is 3. The van der Waals surface area contributed by atoms with Gasteiger partial charge in [-0.3, -0.25) is 14.9 Å². The number of likely N-dealkylation sites (tertiary alicyclic amines) is 1. The topological polar surface area (TPSA) is 81.8 Å². The third-order valence-electron chi connectivity index (χ3n) is 6.88. The van der Waals surface area contributed by atoms with Crippen LogP contribution in [-0.2, 0) is 15.0 Å². The van der Waals surface area contributed by atoms with Crippen LogP contribution in [0, 0.1) is 5.92 Å². The summed E-state index contributed by atoms with van der Waals surface area (Å²) in [6.45, 7) is 7.80. The van der Waals surface area contributed by atoms with Gasteiger partial charge in [0, 0.05) is 23.6 Å². The van der Waals surface area contributed by atoms with Crippen LogP contribution in [0.3, 0.4) is 0 Å². The zero-order chi connectivity index (χ0) is 21.3. The number of anilines is 1. The Hall–Kier alpha value is -2.41. The van der Waals surface area contributed by atoms with Gasteiger partial charge in [-0.25, -0.2) is 4.79 Å². The molecule has 30 heavy (non-hydrogen) atoms. The van der Waals surface area contributed by atoms with E-state index < -0.39 is 0 Å². The van der Waals surface area contributed by atoms with Crippen LogP contribution in [0.2, 0.25) is 0 Å². The molecule has 7 heteroatoms. The molecule has 1 aromatic carbocycles. The van der Waals surface area contributed by atoms with E-state index in [-0.39, 0.29) is 35.2 Å². The predicted molar refractivity (Wildman–Crippen MR) is 115 cm³/mol. The Balaban J connectivity index is 1.30. The summed E-state index contributed by atoms with van der Waals surface area (Å²) in [6.07, 6.45) is 4.75. The van der Waals surface area contributed by atoms with Gasteiger partial charge in [-0.05, 0) is 63.4 Å². The second-order valence-corrected chi connectivity index (χ2v) is 9.23. The quantitative estimate of drug-likeness (QED) is 0.555. The van der Waals surface area contributed by atoms with Crippen LogP contribution in [0.1, 0.15) is 51.5 Å². The molecular formula is C23H32N4O3. The lowest BCUT2D eigenvalue weighted by Gasteiger charge is -2.40. The molecule has 3 aliphatic rings. The number of hydrogen-bond donors (Lipinski definition) is 2. The van der Waals surface area contributed by atoms with Crippen molar-refractivity contribution in [2.24, 2.45) is 5.92 Å². The van der Waals surface area contributed by atoms with Crippen molar-refractivity contribution >= 4 is 23.5 Å². The molecule has 0 aliphatic carbocycles. The molecule has 0 bridgehead atoms. The lowest BCUT2D eigenvalue weighted by molar-refractivity contribution is -0.121. The van der Waals surface area contributed by atoms with Crippen molar-refractivity contribution in [2.75, 3.05) is 31.1 Å². The number of fused-ring (bicyclic) bond motifs is 2. The number of hydrogen-bond acceptors (Lipinski definition) is 4. The zero-order valence-electron chi connectivity index (χ0n) is 17.9. The van der Waals surface area contributed by atoms with E-state index in [0.717, 1.165) is 57.5 Å². The summed E-state index contributed by atoms with van der Waals surface area (Å²) in [7, 11) is 0. The van der Waals surface area contributed by atoms with Crippen LogP contribution in [0.25, 0.3) is 0 Å². The minimum Gasteiger partial charge on any atom is -0.326 e. The van der Waals surface area contributed by atoms with Gasteiger partial charge in [-0.1, -0.05) is 32.0 Å². The average molecular weight is 413 g/mol. The number of unbranched alkanes of at least 4 members (excludes halogenated alkanes) is 1. The summed E-state index contributed by atoms with van der Waals surface area (Å²) >= 11 is 0. The van der Waals surface area contributed by atoms with Gasteiger partial charge in [0.15, 0.2) is 0 Å². The Bertz CT molecular complexity index is 829. The van der Waals surface area contributed by atoms with E-state index in [1.54, 1.807) is 0 Å². The number of amides is 4. The van der Waals surface area contributed by atoms with Crippen molar-refractivity contribution in [3.8, 4) is 0 Å². The van der Waals surface area contributed by atoms with Gasteiger partial charge in [0.1, 0.15) is 6.04 Å². The molecule has 1 aromatic rings. The highest BCUT2D eigenvalue weighted by molar-refractivity contribution is 6.04. The number of nitrogens with one attached hydrogen (secondary N) is 2. The second kappa shape index (κ2) is 8.38. The monoisotopic (exact) mass is 412 g/mol. The number of carbonyl (C=O) groups is 3. The highest BCUT2D eigenvalue weighted by Crippen LogP contribution is 2.47. The molecule has 4 amide bonds. The van der Waals surface area contributed by atoms with Crippen molar-refractivity contribution < 1.29 is 14.4 Å². The molecule has 0 aromatic heterocycles. The van der Waals surface area contributed by atoms with Crippen molar-refractivity contribution in [3.05, 3.63) is 29.8 Å². The number of urea groups is 1. The molecule has 4 rings (SSSR count). The number of rotatable bonds is 6. The molecule has 2 fully saturated rings. The van der Waals surface area contributed by atoms with Gasteiger partial charge in [0.2, 0.25) is 5.91 Å². The fraction of sp³-hybridized carbons (Fsp3) is 0.609. The fourth-order valence-corrected chi connectivity index (χ4v) is 5.12. The maximum Gasteiger partial charge on any atom is 0.322 e. The van der Waals surface area contributed by atoms with Gasteiger partial charge in [0.25, 0.3) is 5.91 Å². The van der Waals surface area contributed by atoms with Crippen molar-refractivity contribution in [3.63, 3.8) is 0 Å². The van der Waals surface area contributed by atoms with Crippen LogP contribution in [0.15, 0.2) is 24.3 Å². The Labute approximate surface area is 178 Å². The summed E-state index contributed by atoms with van der Waals surface area (Å²) in [5.41, 5.74) is 2.51. The van der Waals surface area contributed by atoms with Gasteiger partial charge in [-0.15, -0.1) is 0 Å². The number of nitrogens with zero attached hydrogens (tertiary/aromatic N) is 2. The lowest BCUT2D eigenvalue weighted by Crippen LogP contribution is -2.46. The maximum atomic E-state index is 12.8. The minimum absolute atomic E-state index is 0.0000257. The first-order chi connectivity index (χ1) is 14.4. The lowest BCUT2D eigenvalue weighted by atomic mass is 9.74. The Morgan fingerprint density at radius 2 is 1.90 bits per heavy atom. The first-order valence-corrected chi connectivity index (χ1v) is 11.1.